The zero-order chi connectivity index (χ0) is 23.0. The zero-order valence-electron chi connectivity index (χ0n) is 17.1. The van der Waals surface area contributed by atoms with Crippen LogP contribution in [0.4, 0.5) is 11.4 Å². The minimum atomic E-state index is -3.68. The largest absolute Gasteiger partial charge is 0.362 e. The van der Waals surface area contributed by atoms with Crippen LogP contribution < -0.4 is 9.62 Å². The van der Waals surface area contributed by atoms with Crippen molar-refractivity contribution in [3.8, 4) is 0 Å². The van der Waals surface area contributed by atoms with Gasteiger partial charge < -0.3 is 9.80 Å². The smallest absolute Gasteiger partial charge is 0.294 e. The number of fused-ring (bicyclic) bond motifs is 1. The molecule has 32 heavy (non-hydrogen) atoms. The molecular weight excluding hydrogens is 458 g/mol. The second kappa shape index (κ2) is 8.40. The molecular formula is C20H20ClN5O5S. The molecule has 0 aromatic heterocycles. The van der Waals surface area contributed by atoms with Gasteiger partial charge in [0, 0.05) is 42.8 Å². The Hall–Kier alpha value is -3.18. The van der Waals surface area contributed by atoms with Gasteiger partial charge in [0.2, 0.25) is 5.91 Å². The van der Waals surface area contributed by atoms with Crippen LogP contribution in [0.5, 0.6) is 0 Å². The Kier molecular flexibility index (Phi) is 5.78. The zero-order valence-corrected chi connectivity index (χ0v) is 18.6. The fraction of sp³-hybridized carbons (Fsp3) is 0.300. The number of rotatable bonds is 4. The summed E-state index contributed by atoms with van der Waals surface area (Å²) in [7, 11) is -3.68. The Bertz CT molecular complexity index is 1220. The van der Waals surface area contributed by atoms with E-state index in [4.69, 9.17) is 11.6 Å². The lowest BCUT2D eigenvalue weighted by molar-refractivity contribution is -0.384. The number of benzene rings is 2. The van der Waals surface area contributed by atoms with Crippen molar-refractivity contribution in [1.29, 1.82) is 0 Å². The van der Waals surface area contributed by atoms with Crippen LogP contribution in [0.3, 0.4) is 0 Å². The van der Waals surface area contributed by atoms with Gasteiger partial charge in [-0.25, -0.2) is 8.42 Å². The van der Waals surface area contributed by atoms with E-state index in [9.17, 15) is 23.3 Å². The number of carbonyl (C=O) groups is 1. The summed E-state index contributed by atoms with van der Waals surface area (Å²) < 4.78 is 26.9. The van der Waals surface area contributed by atoms with Crippen molar-refractivity contribution in [1.82, 2.24) is 9.62 Å². The molecule has 0 spiro atoms. The summed E-state index contributed by atoms with van der Waals surface area (Å²) in [5.74, 6) is -0.0943. The maximum Gasteiger partial charge on any atom is 0.294 e. The van der Waals surface area contributed by atoms with Crippen LogP contribution in [0.1, 0.15) is 12.5 Å². The Morgan fingerprint density at radius 3 is 2.56 bits per heavy atom. The molecule has 168 valence electrons. The van der Waals surface area contributed by atoms with Crippen LogP contribution in [0.2, 0.25) is 5.02 Å². The minimum Gasteiger partial charge on any atom is -0.362 e. The van der Waals surface area contributed by atoms with Crippen molar-refractivity contribution in [3.63, 3.8) is 0 Å². The maximum absolute atomic E-state index is 12.9. The molecule has 0 radical (unpaired) electrons. The van der Waals surface area contributed by atoms with Crippen LogP contribution in [0.15, 0.2) is 52.4 Å². The van der Waals surface area contributed by atoms with Crippen molar-refractivity contribution >= 4 is 44.7 Å². The molecule has 0 unspecified atom stereocenters. The number of sulfonamides is 1. The maximum atomic E-state index is 12.9. The first-order chi connectivity index (χ1) is 15.2. The quantitative estimate of drug-likeness (QED) is 0.530. The van der Waals surface area contributed by atoms with E-state index < -0.39 is 21.0 Å². The number of amides is 1. The van der Waals surface area contributed by atoms with Crippen LogP contribution in [-0.4, -0.2) is 62.2 Å². The van der Waals surface area contributed by atoms with Gasteiger partial charge in [-0.05, 0) is 31.2 Å². The lowest BCUT2D eigenvalue weighted by atomic mass is 10.2. The second-order valence-corrected chi connectivity index (χ2v) is 9.55. The molecule has 0 aliphatic carbocycles. The first-order valence-corrected chi connectivity index (χ1v) is 11.7. The van der Waals surface area contributed by atoms with E-state index in [0.29, 0.717) is 37.4 Å². The van der Waals surface area contributed by atoms with Crippen molar-refractivity contribution < 1.29 is 18.1 Å². The summed E-state index contributed by atoms with van der Waals surface area (Å²) in [4.78, 5) is 31.7. The highest BCUT2D eigenvalue weighted by Crippen LogP contribution is 2.31. The summed E-state index contributed by atoms with van der Waals surface area (Å²) in [6.45, 7) is 3.15. The third-order valence-electron chi connectivity index (χ3n) is 5.41. The van der Waals surface area contributed by atoms with Gasteiger partial charge in [-0.1, -0.05) is 23.7 Å². The van der Waals surface area contributed by atoms with E-state index in [1.807, 2.05) is 4.90 Å². The lowest BCUT2D eigenvalue weighted by Crippen LogP contribution is -2.51. The van der Waals surface area contributed by atoms with Gasteiger partial charge >= 0.3 is 0 Å². The third-order valence-corrected chi connectivity index (χ3v) is 7.04. The first kappa shape index (κ1) is 22.0. The minimum absolute atomic E-state index is 0.0794. The molecule has 0 bridgehead atoms. The number of nitro groups is 1. The summed E-state index contributed by atoms with van der Waals surface area (Å²) in [5.41, 5.74) is 0.813. The molecule has 1 atom stereocenters. The number of aliphatic imine (C=N–C) groups is 1. The fourth-order valence-electron chi connectivity index (χ4n) is 3.82. The molecule has 2 aliphatic rings. The third kappa shape index (κ3) is 4.13. The number of anilines is 1. The summed E-state index contributed by atoms with van der Waals surface area (Å²) >= 11 is 5.89. The summed E-state index contributed by atoms with van der Waals surface area (Å²) in [5, 5.41) is 11.7. The van der Waals surface area contributed by atoms with Crippen LogP contribution in [-0.2, 0) is 14.8 Å². The number of nitrogens with one attached hydrogen (secondary N) is 1. The topological polar surface area (TPSA) is 125 Å². The molecule has 1 fully saturated rings. The number of amidine groups is 1. The average molecular weight is 478 g/mol. The summed E-state index contributed by atoms with van der Waals surface area (Å²) in [6.07, 6.45) is 0. The molecule has 4 rings (SSSR count). The molecule has 10 nitrogen and oxygen atoms in total. The standard InChI is InChI=1S/C20H20ClN5O5S/c1-13(22-19-15-4-2-3-5-18(15)32(30,31)23-19)20(27)25-10-8-24(9-11-25)16-7-6-14(21)12-17(16)26(28)29/h2-7,12-13H,8-11H2,1H3,(H,22,23)/t13-/m0/s1. The van der Waals surface area contributed by atoms with Crippen LogP contribution >= 0.6 is 11.6 Å². The van der Waals surface area contributed by atoms with E-state index in [-0.39, 0.29) is 27.3 Å². The first-order valence-electron chi connectivity index (χ1n) is 9.85. The fourth-order valence-corrected chi connectivity index (χ4v) is 5.23. The van der Waals surface area contributed by atoms with Gasteiger partial charge in [0.25, 0.3) is 15.7 Å². The van der Waals surface area contributed by atoms with Crippen molar-refractivity contribution in [2.24, 2.45) is 4.99 Å². The van der Waals surface area contributed by atoms with Gasteiger partial charge in [-0.3, -0.25) is 24.6 Å². The van der Waals surface area contributed by atoms with Gasteiger partial charge in [-0.2, -0.15) is 0 Å². The molecule has 0 saturated carbocycles. The normalized spacial score (nSPS) is 19.4. The summed E-state index contributed by atoms with van der Waals surface area (Å²) in [6, 6.07) is 10.2. The van der Waals surface area contributed by atoms with Gasteiger partial charge in [0.05, 0.1) is 9.82 Å². The van der Waals surface area contributed by atoms with E-state index in [0.717, 1.165) is 0 Å². The molecule has 2 aromatic rings. The number of carbonyl (C=O) groups excluding carboxylic acids is 1. The van der Waals surface area contributed by atoms with E-state index >= 15 is 0 Å². The van der Waals surface area contributed by atoms with Gasteiger partial charge in [-0.15, -0.1) is 0 Å². The molecule has 2 heterocycles. The van der Waals surface area contributed by atoms with E-state index in [2.05, 4.69) is 9.71 Å². The highest BCUT2D eigenvalue weighted by atomic mass is 35.5. The monoisotopic (exact) mass is 477 g/mol. The molecule has 1 saturated heterocycles. The lowest BCUT2D eigenvalue weighted by Gasteiger charge is -2.36. The SMILES string of the molecule is C[C@H](N=C1NS(=O)(=O)c2ccccc21)C(=O)N1CCN(c2ccc(Cl)cc2[N+](=O)[O-])CC1. The van der Waals surface area contributed by atoms with E-state index in [1.165, 1.54) is 12.1 Å². The number of nitrogens with zero attached hydrogens (tertiary/aromatic N) is 4. The average Bonchev–Trinajstić information content (AvgIpc) is 3.03. The van der Waals surface area contributed by atoms with Crippen LogP contribution in [0.25, 0.3) is 0 Å². The van der Waals surface area contributed by atoms with Crippen molar-refractivity contribution in [2.75, 3.05) is 31.1 Å². The predicted octanol–water partition coefficient (Wildman–Crippen LogP) is 2.02. The van der Waals surface area contributed by atoms with Crippen LogP contribution in [0, 0.1) is 10.1 Å². The number of halogens is 1. The van der Waals surface area contributed by atoms with Gasteiger partial charge in [0.15, 0.2) is 0 Å². The Balaban J connectivity index is 1.46. The molecule has 1 amide bonds. The molecule has 2 aromatic carbocycles. The number of hydrogen-bond acceptors (Lipinski definition) is 7. The molecule has 2 aliphatic heterocycles. The number of nitro benzene ring substituents is 1. The number of hydrogen-bond donors (Lipinski definition) is 1. The Morgan fingerprint density at radius 2 is 1.88 bits per heavy atom. The van der Waals surface area contributed by atoms with Crippen molar-refractivity contribution in [3.05, 3.63) is 63.2 Å². The van der Waals surface area contributed by atoms with E-state index in [1.54, 1.807) is 42.2 Å². The number of piperazine rings is 1. The van der Waals surface area contributed by atoms with Crippen molar-refractivity contribution in [2.45, 2.75) is 17.9 Å². The predicted molar refractivity (Wildman–Crippen MR) is 120 cm³/mol. The highest BCUT2D eigenvalue weighted by Gasteiger charge is 2.32. The van der Waals surface area contributed by atoms with Gasteiger partial charge in [0.1, 0.15) is 17.6 Å². The second-order valence-electron chi connectivity index (χ2n) is 7.46. The molecule has 12 heteroatoms. The Labute approximate surface area is 189 Å². The molecule has 1 N–H and O–H groups in total. The highest BCUT2D eigenvalue weighted by molar-refractivity contribution is 7.90. The Morgan fingerprint density at radius 1 is 1.19 bits per heavy atom.